The summed E-state index contributed by atoms with van der Waals surface area (Å²) in [6.07, 6.45) is 1.30. The summed E-state index contributed by atoms with van der Waals surface area (Å²) in [6.45, 7) is 5.79. The second kappa shape index (κ2) is 5.01. The molecule has 1 saturated heterocycles. The fourth-order valence-electron chi connectivity index (χ4n) is 2.95. The Hall–Kier alpha value is -0.510. The molecule has 2 aliphatic rings. The predicted octanol–water partition coefficient (Wildman–Crippen LogP) is 2.52. The first-order valence-electron chi connectivity index (χ1n) is 6.54. The van der Waals surface area contributed by atoms with Gasteiger partial charge in [0.2, 0.25) is 0 Å². The van der Waals surface area contributed by atoms with E-state index in [4.69, 9.17) is 0 Å². The van der Waals surface area contributed by atoms with Crippen LogP contribution in [0.15, 0.2) is 29.2 Å². The minimum atomic E-state index is 0.630. The first-order chi connectivity index (χ1) is 8.34. The molecule has 2 nitrogen and oxygen atoms in total. The van der Waals surface area contributed by atoms with Gasteiger partial charge < -0.3 is 5.32 Å². The zero-order valence-electron chi connectivity index (χ0n) is 10.4. The van der Waals surface area contributed by atoms with Gasteiger partial charge >= 0.3 is 0 Å². The monoisotopic (exact) mass is 248 g/mol. The van der Waals surface area contributed by atoms with E-state index in [-0.39, 0.29) is 0 Å². The number of benzene rings is 1. The Labute approximate surface area is 108 Å². The quantitative estimate of drug-likeness (QED) is 0.822. The maximum Gasteiger partial charge on any atom is 0.0368 e. The van der Waals surface area contributed by atoms with Gasteiger partial charge in [-0.1, -0.05) is 18.2 Å². The van der Waals surface area contributed by atoms with Crippen LogP contribution in [0.5, 0.6) is 0 Å². The molecule has 0 aromatic heterocycles. The minimum absolute atomic E-state index is 0.630. The predicted molar refractivity (Wildman–Crippen MR) is 73.6 cm³/mol. The normalized spacial score (nSPS) is 29.9. The number of rotatable bonds is 1. The van der Waals surface area contributed by atoms with Crippen LogP contribution in [0.4, 0.5) is 0 Å². The lowest BCUT2D eigenvalue weighted by Gasteiger charge is -2.40. The maximum absolute atomic E-state index is 3.53. The molecule has 0 saturated carbocycles. The standard InChI is InChI=1S/C14H20N2S/c1-11-10-16(8-7-15-11)13-6-9-17-14-5-3-2-4-12(13)14/h2-5,11,13,15H,6-10H2,1H3. The smallest absolute Gasteiger partial charge is 0.0368 e. The van der Waals surface area contributed by atoms with E-state index in [1.807, 2.05) is 11.8 Å². The summed E-state index contributed by atoms with van der Waals surface area (Å²) in [5.41, 5.74) is 1.55. The van der Waals surface area contributed by atoms with E-state index < -0.39 is 0 Å². The van der Waals surface area contributed by atoms with Crippen molar-refractivity contribution in [2.24, 2.45) is 0 Å². The van der Waals surface area contributed by atoms with Crippen molar-refractivity contribution in [3.63, 3.8) is 0 Å². The second-order valence-electron chi connectivity index (χ2n) is 5.04. The van der Waals surface area contributed by atoms with Gasteiger partial charge in [-0.15, -0.1) is 11.8 Å². The molecule has 1 aromatic carbocycles. The van der Waals surface area contributed by atoms with Gasteiger partial charge in [-0.05, 0) is 30.7 Å². The molecule has 0 spiro atoms. The summed E-state index contributed by atoms with van der Waals surface area (Å²) in [6, 6.07) is 10.2. The highest BCUT2D eigenvalue weighted by atomic mass is 32.2. The van der Waals surface area contributed by atoms with Crippen LogP contribution in [0.3, 0.4) is 0 Å². The largest absolute Gasteiger partial charge is 0.312 e. The molecule has 3 heteroatoms. The van der Waals surface area contributed by atoms with E-state index in [0.717, 1.165) is 6.54 Å². The van der Waals surface area contributed by atoms with Crippen LogP contribution in [-0.2, 0) is 0 Å². The van der Waals surface area contributed by atoms with E-state index in [0.29, 0.717) is 12.1 Å². The van der Waals surface area contributed by atoms with Crippen LogP contribution in [0.2, 0.25) is 0 Å². The molecule has 1 aromatic rings. The van der Waals surface area contributed by atoms with Gasteiger partial charge in [0.15, 0.2) is 0 Å². The van der Waals surface area contributed by atoms with Crippen molar-refractivity contribution in [3.8, 4) is 0 Å². The van der Waals surface area contributed by atoms with E-state index in [1.165, 1.54) is 30.2 Å². The fourth-order valence-corrected chi connectivity index (χ4v) is 4.05. The van der Waals surface area contributed by atoms with Gasteiger partial charge in [-0.25, -0.2) is 0 Å². The molecule has 1 N–H and O–H groups in total. The average Bonchev–Trinajstić information content (AvgIpc) is 2.38. The Kier molecular flexibility index (Phi) is 3.41. The van der Waals surface area contributed by atoms with Crippen LogP contribution in [0, 0.1) is 0 Å². The van der Waals surface area contributed by atoms with E-state index in [1.54, 1.807) is 5.56 Å². The molecule has 2 aliphatic heterocycles. The van der Waals surface area contributed by atoms with Gasteiger partial charge in [0.25, 0.3) is 0 Å². The van der Waals surface area contributed by atoms with Gasteiger partial charge in [0, 0.05) is 36.6 Å². The molecular formula is C14H20N2S. The Morgan fingerprint density at radius 1 is 1.35 bits per heavy atom. The molecule has 0 aliphatic carbocycles. The highest BCUT2D eigenvalue weighted by Crippen LogP contribution is 2.39. The molecule has 0 bridgehead atoms. The van der Waals surface area contributed by atoms with Crippen molar-refractivity contribution in [2.75, 3.05) is 25.4 Å². The average molecular weight is 248 g/mol. The molecule has 2 atom stereocenters. The van der Waals surface area contributed by atoms with Gasteiger partial charge in [0.1, 0.15) is 0 Å². The molecule has 0 radical (unpaired) electrons. The van der Waals surface area contributed by atoms with Crippen molar-refractivity contribution in [3.05, 3.63) is 29.8 Å². The van der Waals surface area contributed by atoms with Crippen LogP contribution in [0.1, 0.15) is 24.9 Å². The van der Waals surface area contributed by atoms with E-state index in [2.05, 4.69) is 41.4 Å². The summed E-state index contributed by atoms with van der Waals surface area (Å²) < 4.78 is 0. The van der Waals surface area contributed by atoms with E-state index in [9.17, 15) is 0 Å². The van der Waals surface area contributed by atoms with Crippen molar-refractivity contribution in [2.45, 2.75) is 30.3 Å². The van der Waals surface area contributed by atoms with Gasteiger partial charge in [-0.2, -0.15) is 0 Å². The molecule has 3 rings (SSSR count). The first-order valence-corrected chi connectivity index (χ1v) is 7.52. The summed E-state index contributed by atoms with van der Waals surface area (Å²) >= 11 is 2.01. The van der Waals surface area contributed by atoms with Crippen molar-refractivity contribution in [1.82, 2.24) is 10.2 Å². The summed E-state index contributed by atoms with van der Waals surface area (Å²) in [5.74, 6) is 1.26. The molecule has 92 valence electrons. The number of nitrogens with zero attached hydrogens (tertiary/aromatic N) is 1. The summed E-state index contributed by atoms with van der Waals surface area (Å²) in [5, 5.41) is 3.53. The topological polar surface area (TPSA) is 15.3 Å². The zero-order chi connectivity index (χ0) is 11.7. The fraction of sp³-hybridized carbons (Fsp3) is 0.571. The summed E-state index contributed by atoms with van der Waals surface area (Å²) in [7, 11) is 0. The third-order valence-electron chi connectivity index (χ3n) is 3.77. The summed E-state index contributed by atoms with van der Waals surface area (Å²) in [4.78, 5) is 4.16. The minimum Gasteiger partial charge on any atom is -0.312 e. The lowest BCUT2D eigenvalue weighted by atomic mass is 10.0. The second-order valence-corrected chi connectivity index (χ2v) is 6.18. The van der Waals surface area contributed by atoms with Crippen LogP contribution < -0.4 is 5.32 Å². The lowest BCUT2D eigenvalue weighted by molar-refractivity contribution is 0.143. The number of piperazine rings is 1. The Morgan fingerprint density at radius 3 is 3.12 bits per heavy atom. The molecule has 1 fully saturated rings. The molecule has 0 amide bonds. The molecular weight excluding hydrogens is 228 g/mol. The lowest BCUT2D eigenvalue weighted by Crippen LogP contribution is -2.50. The number of hydrogen-bond acceptors (Lipinski definition) is 3. The Bertz CT molecular complexity index is 394. The number of thioether (sulfide) groups is 1. The van der Waals surface area contributed by atoms with Crippen LogP contribution in [0.25, 0.3) is 0 Å². The van der Waals surface area contributed by atoms with Crippen LogP contribution in [-0.4, -0.2) is 36.3 Å². The number of nitrogens with one attached hydrogen (secondary N) is 1. The van der Waals surface area contributed by atoms with Gasteiger partial charge in [0.05, 0.1) is 0 Å². The first kappa shape index (κ1) is 11.6. The maximum atomic E-state index is 3.53. The number of fused-ring (bicyclic) bond motifs is 1. The third-order valence-corrected chi connectivity index (χ3v) is 4.89. The highest BCUT2D eigenvalue weighted by Gasteiger charge is 2.28. The van der Waals surface area contributed by atoms with Crippen molar-refractivity contribution < 1.29 is 0 Å². The zero-order valence-corrected chi connectivity index (χ0v) is 11.2. The van der Waals surface area contributed by atoms with E-state index >= 15 is 0 Å². The van der Waals surface area contributed by atoms with Crippen molar-refractivity contribution >= 4 is 11.8 Å². The number of hydrogen-bond donors (Lipinski definition) is 1. The van der Waals surface area contributed by atoms with Gasteiger partial charge in [-0.3, -0.25) is 4.90 Å². The Balaban J connectivity index is 1.84. The van der Waals surface area contributed by atoms with Crippen molar-refractivity contribution in [1.29, 1.82) is 0 Å². The Morgan fingerprint density at radius 2 is 2.24 bits per heavy atom. The van der Waals surface area contributed by atoms with Crippen LogP contribution >= 0.6 is 11.8 Å². The third kappa shape index (κ3) is 2.37. The highest BCUT2D eigenvalue weighted by molar-refractivity contribution is 7.99. The SMILES string of the molecule is CC1CN(C2CCSc3ccccc32)CCN1. The molecule has 17 heavy (non-hydrogen) atoms. The molecule has 2 unspecified atom stereocenters. The molecule has 2 heterocycles.